The number of hydrogen-bond acceptors (Lipinski definition) is 5. The molecule has 1 amide bonds. The van der Waals surface area contributed by atoms with Crippen LogP contribution in [0.4, 0.5) is 5.69 Å². The molecule has 0 N–H and O–H groups in total. The van der Waals surface area contributed by atoms with E-state index in [1.165, 1.54) is 15.6 Å². The van der Waals surface area contributed by atoms with Gasteiger partial charge in [-0.2, -0.15) is 4.31 Å². The van der Waals surface area contributed by atoms with Gasteiger partial charge in [0.1, 0.15) is 4.21 Å². The summed E-state index contributed by atoms with van der Waals surface area (Å²) in [6.07, 6.45) is 0. The van der Waals surface area contributed by atoms with Crippen molar-refractivity contribution in [1.29, 1.82) is 0 Å². The molecule has 5 rings (SSSR count). The number of benzene rings is 2. The first-order chi connectivity index (χ1) is 16.8. The second-order valence-corrected chi connectivity index (χ2v) is 14.2. The summed E-state index contributed by atoms with van der Waals surface area (Å²) in [5.41, 5.74) is 2.16. The molecule has 0 bridgehead atoms. The number of anilines is 1. The first-order valence-corrected chi connectivity index (χ1v) is 15.3. The molecule has 3 heterocycles. The smallest absolute Gasteiger partial charge is 0.252 e. The van der Waals surface area contributed by atoms with Crippen LogP contribution in [0.15, 0.2) is 79.2 Å². The van der Waals surface area contributed by atoms with Gasteiger partial charge in [-0.05, 0) is 55.6 Å². The van der Waals surface area contributed by atoms with Crippen molar-refractivity contribution < 1.29 is 13.2 Å². The lowest BCUT2D eigenvalue weighted by Gasteiger charge is -2.37. The lowest BCUT2D eigenvalue weighted by atomic mass is 9.88. The topological polar surface area (TPSA) is 60.9 Å². The molecule has 0 saturated carbocycles. The Balaban J connectivity index is 1.36. The minimum absolute atomic E-state index is 0.0396. The minimum atomic E-state index is -3.71. The number of carbonyl (C=O) groups is 1. The SMILES string of the molecule is O=C(C1CN(S(=O)(=O)c2cc(Br)c(Br)s2)CC1c1ccccc1)N1CCN(c2ccccc2)CC1. The third kappa shape index (κ3) is 5.09. The van der Waals surface area contributed by atoms with E-state index < -0.39 is 15.9 Å². The minimum Gasteiger partial charge on any atom is -0.368 e. The molecule has 35 heavy (non-hydrogen) atoms. The number of amides is 1. The summed E-state index contributed by atoms with van der Waals surface area (Å²) in [7, 11) is -3.71. The molecule has 184 valence electrons. The van der Waals surface area contributed by atoms with Crippen LogP contribution in [0.25, 0.3) is 0 Å². The van der Waals surface area contributed by atoms with Crippen LogP contribution in [0.5, 0.6) is 0 Å². The summed E-state index contributed by atoms with van der Waals surface area (Å²) in [6.45, 7) is 3.26. The number of halogens is 2. The van der Waals surface area contributed by atoms with Crippen molar-refractivity contribution in [3.63, 3.8) is 0 Å². The molecule has 0 radical (unpaired) electrons. The quantitative estimate of drug-likeness (QED) is 0.394. The van der Waals surface area contributed by atoms with E-state index in [-0.39, 0.29) is 22.6 Å². The Labute approximate surface area is 226 Å². The largest absolute Gasteiger partial charge is 0.368 e. The Hall–Kier alpha value is -1.72. The van der Waals surface area contributed by atoms with Gasteiger partial charge < -0.3 is 9.80 Å². The van der Waals surface area contributed by atoms with Crippen molar-refractivity contribution in [2.45, 2.75) is 10.1 Å². The average molecular weight is 639 g/mol. The normalized spacial score (nSPS) is 21.4. The zero-order valence-electron chi connectivity index (χ0n) is 18.9. The average Bonchev–Trinajstić information content (AvgIpc) is 3.49. The molecule has 10 heteroatoms. The maximum Gasteiger partial charge on any atom is 0.252 e. The number of thiophene rings is 1. The molecule has 0 aliphatic carbocycles. The zero-order chi connectivity index (χ0) is 24.6. The van der Waals surface area contributed by atoms with Crippen LogP contribution in [0.2, 0.25) is 0 Å². The predicted molar refractivity (Wildman–Crippen MR) is 146 cm³/mol. The Morgan fingerprint density at radius 1 is 0.886 bits per heavy atom. The van der Waals surface area contributed by atoms with E-state index >= 15 is 0 Å². The number of rotatable bonds is 5. The van der Waals surface area contributed by atoms with Gasteiger partial charge in [0.25, 0.3) is 10.0 Å². The molecular formula is C25H25Br2N3O3S2. The van der Waals surface area contributed by atoms with Crippen LogP contribution in [-0.4, -0.2) is 62.8 Å². The molecule has 1 aromatic heterocycles. The van der Waals surface area contributed by atoms with Crippen LogP contribution in [0.3, 0.4) is 0 Å². The van der Waals surface area contributed by atoms with Crippen molar-refractivity contribution in [3.05, 3.63) is 80.6 Å². The van der Waals surface area contributed by atoms with E-state index in [1.54, 1.807) is 6.07 Å². The second-order valence-electron chi connectivity index (χ2n) is 8.78. The highest BCUT2D eigenvalue weighted by Gasteiger charge is 2.45. The highest BCUT2D eigenvalue weighted by Crippen LogP contribution is 2.41. The molecule has 2 atom stereocenters. The van der Waals surface area contributed by atoms with E-state index in [2.05, 4.69) is 48.9 Å². The Morgan fingerprint density at radius 2 is 1.51 bits per heavy atom. The summed E-state index contributed by atoms with van der Waals surface area (Å²) in [4.78, 5) is 18.0. The Morgan fingerprint density at radius 3 is 2.11 bits per heavy atom. The molecule has 2 aliphatic heterocycles. The van der Waals surface area contributed by atoms with Crippen LogP contribution in [0, 0.1) is 5.92 Å². The molecule has 2 saturated heterocycles. The first-order valence-electron chi connectivity index (χ1n) is 11.4. The monoisotopic (exact) mass is 637 g/mol. The van der Waals surface area contributed by atoms with E-state index in [0.717, 1.165) is 28.1 Å². The number of hydrogen-bond donors (Lipinski definition) is 0. The number of sulfonamides is 1. The fourth-order valence-electron chi connectivity index (χ4n) is 4.89. The standard InChI is InChI=1S/C25H25Br2N3O3S2/c26-22-15-23(34-24(22)27)35(32,33)30-16-20(18-7-3-1-4-8-18)21(17-30)25(31)29-13-11-28(12-14-29)19-9-5-2-6-10-19/h1-10,15,20-21H,11-14,16-17H2. The van der Waals surface area contributed by atoms with Gasteiger partial charge in [-0.3, -0.25) is 4.79 Å². The summed E-state index contributed by atoms with van der Waals surface area (Å²) >= 11 is 7.97. The molecule has 0 spiro atoms. The lowest BCUT2D eigenvalue weighted by Crippen LogP contribution is -2.51. The summed E-state index contributed by atoms with van der Waals surface area (Å²) in [6, 6.07) is 21.7. The Bertz CT molecular complexity index is 1270. The number of piperazine rings is 1. The van der Waals surface area contributed by atoms with Crippen LogP contribution in [0.1, 0.15) is 11.5 Å². The summed E-state index contributed by atoms with van der Waals surface area (Å²) in [5, 5.41) is 0. The molecular weight excluding hydrogens is 614 g/mol. The van der Waals surface area contributed by atoms with E-state index in [9.17, 15) is 13.2 Å². The molecule has 2 fully saturated rings. The maximum absolute atomic E-state index is 13.8. The van der Waals surface area contributed by atoms with Crippen LogP contribution >= 0.6 is 43.2 Å². The van der Waals surface area contributed by atoms with Crippen LogP contribution < -0.4 is 4.90 Å². The maximum atomic E-state index is 13.8. The lowest BCUT2D eigenvalue weighted by molar-refractivity contribution is -0.135. The Kier molecular flexibility index (Phi) is 7.37. The highest BCUT2D eigenvalue weighted by atomic mass is 79.9. The molecule has 6 nitrogen and oxygen atoms in total. The van der Waals surface area contributed by atoms with E-state index in [1.807, 2.05) is 53.4 Å². The van der Waals surface area contributed by atoms with Gasteiger partial charge >= 0.3 is 0 Å². The fourth-order valence-corrected chi connectivity index (χ4v) is 9.36. The fraction of sp³-hybridized carbons (Fsp3) is 0.320. The number of para-hydroxylation sites is 1. The predicted octanol–water partition coefficient (Wildman–Crippen LogP) is 5.03. The molecule has 2 aromatic carbocycles. The molecule has 2 aliphatic rings. The van der Waals surface area contributed by atoms with Gasteiger partial charge in [-0.1, -0.05) is 48.5 Å². The first kappa shape index (κ1) is 25.0. The van der Waals surface area contributed by atoms with Crippen molar-refractivity contribution in [3.8, 4) is 0 Å². The summed E-state index contributed by atoms with van der Waals surface area (Å²) < 4.78 is 30.2. The van der Waals surface area contributed by atoms with Gasteiger partial charge in [0, 0.05) is 55.3 Å². The zero-order valence-corrected chi connectivity index (χ0v) is 23.7. The van der Waals surface area contributed by atoms with E-state index in [4.69, 9.17) is 0 Å². The van der Waals surface area contributed by atoms with Crippen molar-refractivity contribution in [2.24, 2.45) is 5.92 Å². The second kappa shape index (κ2) is 10.3. The van der Waals surface area contributed by atoms with Gasteiger partial charge in [0.05, 0.1) is 9.70 Å². The molecule has 2 unspecified atom stereocenters. The third-order valence-electron chi connectivity index (χ3n) is 6.76. The van der Waals surface area contributed by atoms with E-state index in [0.29, 0.717) is 24.1 Å². The number of nitrogens with zero attached hydrogens (tertiary/aromatic N) is 3. The summed E-state index contributed by atoms with van der Waals surface area (Å²) in [5.74, 6) is -0.558. The van der Waals surface area contributed by atoms with Crippen molar-refractivity contribution >= 4 is 64.8 Å². The van der Waals surface area contributed by atoms with Crippen molar-refractivity contribution in [1.82, 2.24) is 9.21 Å². The third-order valence-corrected chi connectivity index (χ3v) is 12.3. The molecule has 3 aromatic rings. The van der Waals surface area contributed by atoms with Gasteiger partial charge in [0.2, 0.25) is 5.91 Å². The van der Waals surface area contributed by atoms with Crippen LogP contribution in [-0.2, 0) is 14.8 Å². The van der Waals surface area contributed by atoms with Gasteiger partial charge in [-0.15, -0.1) is 11.3 Å². The highest BCUT2D eigenvalue weighted by molar-refractivity contribution is 9.13. The van der Waals surface area contributed by atoms with Gasteiger partial charge in [0.15, 0.2) is 0 Å². The van der Waals surface area contributed by atoms with Crippen molar-refractivity contribution in [2.75, 3.05) is 44.2 Å². The van der Waals surface area contributed by atoms with Gasteiger partial charge in [-0.25, -0.2) is 8.42 Å². The number of carbonyl (C=O) groups excluding carboxylic acids is 1.